The van der Waals surface area contributed by atoms with Crippen LogP contribution < -0.4 is 5.32 Å². The van der Waals surface area contributed by atoms with Gasteiger partial charge in [-0.1, -0.05) is 13.8 Å². The molecule has 2 aliphatic heterocycles. The summed E-state index contributed by atoms with van der Waals surface area (Å²) in [5.74, 6) is 2.11. The molecule has 0 radical (unpaired) electrons. The van der Waals surface area contributed by atoms with Gasteiger partial charge < -0.3 is 10.2 Å². The van der Waals surface area contributed by atoms with E-state index in [0.29, 0.717) is 5.91 Å². The molecule has 2 unspecified atom stereocenters. The van der Waals surface area contributed by atoms with Crippen LogP contribution in [0.2, 0.25) is 0 Å². The van der Waals surface area contributed by atoms with E-state index in [2.05, 4.69) is 24.1 Å². The summed E-state index contributed by atoms with van der Waals surface area (Å²) >= 11 is 0. The van der Waals surface area contributed by atoms with Gasteiger partial charge in [0, 0.05) is 32.1 Å². The van der Waals surface area contributed by atoms with Crippen LogP contribution in [-0.2, 0) is 4.79 Å². The van der Waals surface area contributed by atoms with Gasteiger partial charge in [-0.2, -0.15) is 0 Å². The normalized spacial score (nSPS) is 29.9. The number of likely N-dealkylation sites (tertiary alicyclic amines) is 1. The maximum Gasteiger partial charge on any atom is 0.225 e. The molecule has 0 aliphatic carbocycles. The molecule has 2 aliphatic rings. The third-order valence-corrected chi connectivity index (χ3v) is 4.04. The Kier molecular flexibility index (Phi) is 3.29. The Morgan fingerprint density at radius 2 is 1.80 bits per heavy atom. The second kappa shape index (κ2) is 4.52. The van der Waals surface area contributed by atoms with E-state index < -0.39 is 0 Å². The SMILES string of the molecule is CCC(CC)C(=O)N1CC2CNCC2C1. The van der Waals surface area contributed by atoms with Gasteiger partial charge in [0.25, 0.3) is 0 Å². The first-order chi connectivity index (χ1) is 7.26. The van der Waals surface area contributed by atoms with Gasteiger partial charge in [-0.15, -0.1) is 0 Å². The van der Waals surface area contributed by atoms with Gasteiger partial charge in [-0.3, -0.25) is 4.79 Å². The molecule has 2 fully saturated rings. The lowest BCUT2D eigenvalue weighted by atomic mass is 10.0. The molecule has 1 amide bonds. The fourth-order valence-corrected chi connectivity index (χ4v) is 2.93. The smallest absolute Gasteiger partial charge is 0.225 e. The fraction of sp³-hybridized carbons (Fsp3) is 0.917. The van der Waals surface area contributed by atoms with Crippen molar-refractivity contribution < 1.29 is 4.79 Å². The molecule has 0 spiro atoms. The Balaban J connectivity index is 1.92. The molecule has 2 atom stereocenters. The zero-order chi connectivity index (χ0) is 10.8. The number of nitrogens with one attached hydrogen (secondary N) is 1. The summed E-state index contributed by atoms with van der Waals surface area (Å²) in [4.78, 5) is 14.2. The molecule has 3 nitrogen and oxygen atoms in total. The van der Waals surface area contributed by atoms with Crippen molar-refractivity contribution in [3.63, 3.8) is 0 Å². The molecule has 86 valence electrons. The Hall–Kier alpha value is -0.570. The molecule has 0 aromatic heterocycles. The zero-order valence-corrected chi connectivity index (χ0v) is 9.83. The second-order valence-electron chi connectivity index (χ2n) is 4.94. The molecule has 2 saturated heterocycles. The fourth-order valence-electron chi connectivity index (χ4n) is 2.93. The predicted molar refractivity (Wildman–Crippen MR) is 60.5 cm³/mol. The van der Waals surface area contributed by atoms with Gasteiger partial charge in [0.15, 0.2) is 0 Å². The zero-order valence-electron chi connectivity index (χ0n) is 9.83. The van der Waals surface area contributed by atoms with Crippen molar-refractivity contribution in [2.75, 3.05) is 26.2 Å². The van der Waals surface area contributed by atoms with Crippen LogP contribution in [0.4, 0.5) is 0 Å². The van der Waals surface area contributed by atoms with Crippen molar-refractivity contribution in [1.29, 1.82) is 0 Å². The number of nitrogens with zero attached hydrogens (tertiary/aromatic N) is 1. The molecule has 0 bridgehead atoms. The minimum absolute atomic E-state index is 0.261. The van der Waals surface area contributed by atoms with Crippen LogP contribution in [0.5, 0.6) is 0 Å². The van der Waals surface area contributed by atoms with E-state index in [1.54, 1.807) is 0 Å². The number of carbonyl (C=O) groups is 1. The van der Waals surface area contributed by atoms with E-state index >= 15 is 0 Å². The van der Waals surface area contributed by atoms with E-state index in [9.17, 15) is 4.79 Å². The third-order valence-electron chi connectivity index (χ3n) is 4.04. The van der Waals surface area contributed by atoms with Gasteiger partial charge >= 0.3 is 0 Å². The second-order valence-corrected chi connectivity index (χ2v) is 4.94. The average Bonchev–Trinajstić information content (AvgIpc) is 2.78. The van der Waals surface area contributed by atoms with Crippen LogP contribution >= 0.6 is 0 Å². The summed E-state index contributed by atoms with van der Waals surface area (Å²) in [6.45, 7) is 8.43. The molecule has 15 heavy (non-hydrogen) atoms. The van der Waals surface area contributed by atoms with Gasteiger partial charge in [-0.05, 0) is 24.7 Å². The van der Waals surface area contributed by atoms with Crippen molar-refractivity contribution in [3.05, 3.63) is 0 Å². The molecule has 2 heterocycles. The first kappa shape index (κ1) is 10.9. The summed E-state index contributed by atoms with van der Waals surface area (Å²) in [6, 6.07) is 0. The lowest BCUT2D eigenvalue weighted by Crippen LogP contribution is -2.36. The van der Waals surface area contributed by atoms with Crippen LogP contribution in [0, 0.1) is 17.8 Å². The lowest BCUT2D eigenvalue weighted by molar-refractivity contribution is -0.135. The largest absolute Gasteiger partial charge is 0.342 e. The van der Waals surface area contributed by atoms with Gasteiger partial charge in [0.05, 0.1) is 0 Å². The number of hydrogen-bond donors (Lipinski definition) is 1. The van der Waals surface area contributed by atoms with E-state index in [1.165, 1.54) is 0 Å². The number of fused-ring (bicyclic) bond motifs is 1. The highest BCUT2D eigenvalue weighted by atomic mass is 16.2. The van der Waals surface area contributed by atoms with Crippen LogP contribution in [0.1, 0.15) is 26.7 Å². The standard InChI is InChI=1S/C12H22N2O/c1-3-9(4-2)12(15)14-7-10-5-13-6-11(10)8-14/h9-11,13H,3-8H2,1-2H3. The van der Waals surface area contributed by atoms with E-state index in [0.717, 1.165) is 50.9 Å². The number of carbonyl (C=O) groups excluding carboxylic acids is 1. The van der Waals surface area contributed by atoms with Crippen LogP contribution in [0.15, 0.2) is 0 Å². The van der Waals surface area contributed by atoms with E-state index in [-0.39, 0.29) is 5.92 Å². The minimum atomic E-state index is 0.261. The third kappa shape index (κ3) is 2.03. The highest BCUT2D eigenvalue weighted by molar-refractivity contribution is 5.79. The van der Waals surface area contributed by atoms with Gasteiger partial charge in [-0.25, -0.2) is 0 Å². The first-order valence-electron chi connectivity index (χ1n) is 6.25. The predicted octanol–water partition coefficient (Wildman–Crippen LogP) is 1.10. The lowest BCUT2D eigenvalue weighted by Gasteiger charge is -2.22. The molecular formula is C12H22N2O. The summed E-state index contributed by atoms with van der Waals surface area (Å²) in [5, 5.41) is 3.40. The van der Waals surface area contributed by atoms with Gasteiger partial charge in [0.1, 0.15) is 0 Å². The molecular weight excluding hydrogens is 188 g/mol. The molecule has 0 aromatic rings. The molecule has 0 aromatic carbocycles. The highest BCUT2D eigenvalue weighted by Crippen LogP contribution is 2.28. The molecule has 1 N–H and O–H groups in total. The van der Waals surface area contributed by atoms with Crippen LogP contribution in [0.3, 0.4) is 0 Å². The van der Waals surface area contributed by atoms with Crippen molar-refractivity contribution in [1.82, 2.24) is 10.2 Å². The Bertz CT molecular complexity index is 226. The topological polar surface area (TPSA) is 32.3 Å². The number of rotatable bonds is 3. The number of amides is 1. The Morgan fingerprint density at radius 3 is 2.27 bits per heavy atom. The Labute approximate surface area is 92.2 Å². The van der Waals surface area contributed by atoms with Crippen molar-refractivity contribution in [2.45, 2.75) is 26.7 Å². The molecule has 2 rings (SSSR count). The van der Waals surface area contributed by atoms with E-state index in [4.69, 9.17) is 0 Å². The summed E-state index contributed by atoms with van der Waals surface area (Å²) in [6.07, 6.45) is 1.97. The summed E-state index contributed by atoms with van der Waals surface area (Å²) in [5.41, 5.74) is 0. The van der Waals surface area contributed by atoms with Crippen molar-refractivity contribution in [2.24, 2.45) is 17.8 Å². The van der Waals surface area contributed by atoms with Crippen molar-refractivity contribution >= 4 is 5.91 Å². The maximum absolute atomic E-state index is 12.1. The Morgan fingerprint density at radius 1 is 1.27 bits per heavy atom. The maximum atomic E-state index is 12.1. The average molecular weight is 210 g/mol. The molecule has 3 heteroatoms. The van der Waals surface area contributed by atoms with E-state index in [1.807, 2.05) is 0 Å². The minimum Gasteiger partial charge on any atom is -0.342 e. The summed E-state index contributed by atoms with van der Waals surface area (Å²) < 4.78 is 0. The highest BCUT2D eigenvalue weighted by Gasteiger charge is 2.38. The number of hydrogen-bond acceptors (Lipinski definition) is 2. The van der Waals surface area contributed by atoms with Crippen LogP contribution in [-0.4, -0.2) is 37.0 Å². The van der Waals surface area contributed by atoms with Crippen molar-refractivity contribution in [3.8, 4) is 0 Å². The first-order valence-corrected chi connectivity index (χ1v) is 6.25. The molecule has 0 saturated carbocycles. The monoisotopic (exact) mass is 210 g/mol. The summed E-state index contributed by atoms with van der Waals surface area (Å²) in [7, 11) is 0. The van der Waals surface area contributed by atoms with Crippen LogP contribution in [0.25, 0.3) is 0 Å². The van der Waals surface area contributed by atoms with Gasteiger partial charge in [0.2, 0.25) is 5.91 Å². The quantitative estimate of drug-likeness (QED) is 0.756.